The number of aliphatic hydroxyl groups is 5. The van der Waals surface area contributed by atoms with Gasteiger partial charge in [0.05, 0.1) is 18.8 Å². The second-order valence-corrected chi connectivity index (χ2v) is 5.81. The number of rotatable bonds is 6. The molecule has 0 aliphatic carbocycles. The molecule has 24 heavy (non-hydrogen) atoms. The zero-order valence-electron chi connectivity index (χ0n) is 13.1. The number of benzene rings is 1. The highest BCUT2D eigenvalue weighted by Gasteiger charge is 2.45. The van der Waals surface area contributed by atoms with Crippen LogP contribution in [0.4, 0.5) is 4.79 Å². The molecule has 0 aromatic heterocycles. The summed E-state index contributed by atoms with van der Waals surface area (Å²) in [5.74, 6) is 0. The molecule has 1 aromatic carbocycles. The van der Waals surface area contributed by atoms with E-state index in [9.17, 15) is 25.2 Å². The van der Waals surface area contributed by atoms with E-state index in [-0.39, 0.29) is 19.6 Å². The van der Waals surface area contributed by atoms with E-state index < -0.39 is 43.2 Å². The Balaban J connectivity index is 2.00. The maximum atomic E-state index is 12.2. The molecule has 8 heteroatoms. The van der Waals surface area contributed by atoms with Gasteiger partial charge in [0.15, 0.2) is 0 Å². The van der Waals surface area contributed by atoms with Crippen molar-refractivity contribution in [3.63, 3.8) is 0 Å². The number of hydrogen-bond donors (Lipinski definition) is 5. The number of hydrogen-bond acceptors (Lipinski definition) is 7. The second-order valence-electron chi connectivity index (χ2n) is 5.81. The smallest absolute Gasteiger partial charge is 0.410 e. The predicted octanol–water partition coefficient (Wildman–Crippen LogP) is -1.17. The minimum atomic E-state index is -1.70. The topological polar surface area (TPSA) is 131 Å². The molecular formula is C16H23NO7. The third-order valence-electron chi connectivity index (χ3n) is 4.14. The molecule has 134 valence electrons. The molecule has 1 fully saturated rings. The third kappa shape index (κ3) is 4.22. The molecule has 1 aliphatic rings. The van der Waals surface area contributed by atoms with Crippen molar-refractivity contribution in [2.24, 2.45) is 0 Å². The Morgan fingerprint density at radius 2 is 1.92 bits per heavy atom. The first-order chi connectivity index (χ1) is 11.5. The molecule has 1 aromatic rings. The van der Waals surface area contributed by atoms with E-state index in [1.54, 1.807) is 12.1 Å². The fourth-order valence-corrected chi connectivity index (χ4v) is 2.76. The van der Waals surface area contributed by atoms with Crippen molar-refractivity contribution in [1.29, 1.82) is 0 Å². The average Bonchev–Trinajstić information content (AvgIpc) is 3.00. The van der Waals surface area contributed by atoms with Crippen molar-refractivity contribution in [3.8, 4) is 0 Å². The van der Waals surface area contributed by atoms with Crippen molar-refractivity contribution in [3.05, 3.63) is 35.9 Å². The summed E-state index contributed by atoms with van der Waals surface area (Å²) in [6.45, 7) is -0.561. The van der Waals surface area contributed by atoms with Crippen molar-refractivity contribution in [1.82, 2.24) is 4.90 Å². The van der Waals surface area contributed by atoms with Crippen LogP contribution in [0.15, 0.2) is 30.3 Å². The van der Waals surface area contributed by atoms with Gasteiger partial charge in [-0.05, 0) is 12.0 Å². The van der Waals surface area contributed by atoms with Crippen LogP contribution in [0.1, 0.15) is 12.0 Å². The molecule has 0 bridgehead atoms. The highest BCUT2D eigenvalue weighted by Crippen LogP contribution is 2.24. The number of amides is 1. The SMILES string of the molecule is O=C(OCc1ccccc1)N1CC[C@@H](O)[C@@H]1[C@@H](O)[C@H](O)[C@@H](O)CO. The minimum Gasteiger partial charge on any atom is -0.445 e. The van der Waals surface area contributed by atoms with Gasteiger partial charge in [0.25, 0.3) is 0 Å². The largest absolute Gasteiger partial charge is 0.445 e. The van der Waals surface area contributed by atoms with Crippen molar-refractivity contribution in [2.75, 3.05) is 13.2 Å². The summed E-state index contributed by atoms with van der Waals surface area (Å²) < 4.78 is 5.18. The van der Waals surface area contributed by atoms with E-state index in [0.717, 1.165) is 10.5 Å². The van der Waals surface area contributed by atoms with Gasteiger partial charge < -0.3 is 30.3 Å². The normalized spacial score (nSPS) is 24.5. The van der Waals surface area contributed by atoms with Crippen LogP contribution in [0.25, 0.3) is 0 Å². The summed E-state index contributed by atoms with van der Waals surface area (Å²) in [6.07, 6.45) is -6.47. The molecule has 5 N–H and O–H groups in total. The highest BCUT2D eigenvalue weighted by molar-refractivity contribution is 5.68. The summed E-state index contributed by atoms with van der Waals surface area (Å²) in [5, 5.41) is 48.3. The number of nitrogens with zero attached hydrogens (tertiary/aromatic N) is 1. The number of carbonyl (C=O) groups is 1. The van der Waals surface area contributed by atoms with Gasteiger partial charge in [0.1, 0.15) is 24.9 Å². The molecule has 0 unspecified atom stereocenters. The Morgan fingerprint density at radius 1 is 1.25 bits per heavy atom. The molecule has 0 saturated carbocycles. The molecule has 1 heterocycles. The van der Waals surface area contributed by atoms with Gasteiger partial charge in [-0.2, -0.15) is 0 Å². The number of carbonyl (C=O) groups excluding carboxylic acids is 1. The van der Waals surface area contributed by atoms with Crippen LogP contribution in [0.2, 0.25) is 0 Å². The van der Waals surface area contributed by atoms with Crippen LogP contribution >= 0.6 is 0 Å². The fourth-order valence-electron chi connectivity index (χ4n) is 2.76. The average molecular weight is 341 g/mol. The molecule has 1 saturated heterocycles. The van der Waals surface area contributed by atoms with E-state index >= 15 is 0 Å². The van der Waals surface area contributed by atoms with E-state index in [2.05, 4.69) is 0 Å². The Hall–Kier alpha value is -1.71. The van der Waals surface area contributed by atoms with Gasteiger partial charge in [-0.3, -0.25) is 4.90 Å². The third-order valence-corrected chi connectivity index (χ3v) is 4.14. The Labute approximate surface area is 139 Å². The van der Waals surface area contributed by atoms with E-state index in [1.165, 1.54) is 0 Å². The second kappa shape index (κ2) is 8.41. The van der Waals surface area contributed by atoms with Crippen molar-refractivity contribution in [2.45, 2.75) is 43.5 Å². The summed E-state index contributed by atoms with van der Waals surface area (Å²) in [4.78, 5) is 13.4. The Kier molecular flexibility index (Phi) is 6.52. The zero-order chi connectivity index (χ0) is 17.7. The maximum absolute atomic E-state index is 12.2. The molecule has 1 amide bonds. The van der Waals surface area contributed by atoms with Crippen LogP contribution in [-0.4, -0.2) is 80.1 Å². The summed E-state index contributed by atoms with van der Waals surface area (Å²) in [7, 11) is 0. The van der Waals surface area contributed by atoms with Crippen molar-refractivity contribution < 1.29 is 35.1 Å². The lowest BCUT2D eigenvalue weighted by Gasteiger charge is -2.33. The van der Waals surface area contributed by atoms with Gasteiger partial charge in [-0.1, -0.05) is 30.3 Å². The van der Waals surface area contributed by atoms with Crippen LogP contribution in [0, 0.1) is 0 Å². The number of aliphatic hydroxyl groups excluding tert-OH is 5. The lowest BCUT2D eigenvalue weighted by molar-refractivity contribution is -0.108. The number of ether oxygens (including phenoxy) is 1. The standard InChI is InChI=1S/C16H23NO7/c18-8-12(20)14(21)15(22)13-11(19)6-7-17(13)16(23)24-9-10-4-2-1-3-5-10/h1-5,11-15,18-22H,6-9H2/t11-,12+,13-,14-,15-/m1/s1. The quantitative estimate of drug-likeness (QED) is 0.441. The maximum Gasteiger partial charge on any atom is 0.410 e. The van der Waals surface area contributed by atoms with Crippen LogP contribution in [0.3, 0.4) is 0 Å². The van der Waals surface area contributed by atoms with Crippen molar-refractivity contribution >= 4 is 6.09 Å². The van der Waals surface area contributed by atoms with E-state index in [4.69, 9.17) is 9.84 Å². The lowest BCUT2D eigenvalue weighted by atomic mass is 9.98. The first-order valence-electron chi connectivity index (χ1n) is 7.76. The summed E-state index contributed by atoms with van der Waals surface area (Å²) >= 11 is 0. The monoisotopic (exact) mass is 341 g/mol. The van der Waals surface area contributed by atoms with Crippen LogP contribution < -0.4 is 0 Å². The molecule has 8 nitrogen and oxygen atoms in total. The minimum absolute atomic E-state index is 0.0386. The highest BCUT2D eigenvalue weighted by atomic mass is 16.6. The predicted molar refractivity (Wildman–Crippen MR) is 82.9 cm³/mol. The first-order valence-corrected chi connectivity index (χ1v) is 7.76. The van der Waals surface area contributed by atoms with Gasteiger partial charge in [0.2, 0.25) is 0 Å². The fraction of sp³-hybridized carbons (Fsp3) is 0.562. The van der Waals surface area contributed by atoms with E-state index in [0.29, 0.717) is 0 Å². The molecule has 0 radical (unpaired) electrons. The van der Waals surface area contributed by atoms with Gasteiger partial charge in [0, 0.05) is 6.54 Å². The number of likely N-dealkylation sites (tertiary alicyclic amines) is 1. The molecule has 0 spiro atoms. The summed E-state index contributed by atoms with van der Waals surface area (Å²) in [5.41, 5.74) is 0.790. The van der Waals surface area contributed by atoms with Gasteiger partial charge in [-0.15, -0.1) is 0 Å². The molecule has 5 atom stereocenters. The first kappa shape index (κ1) is 18.6. The van der Waals surface area contributed by atoms with Crippen LogP contribution in [0.5, 0.6) is 0 Å². The van der Waals surface area contributed by atoms with E-state index in [1.807, 2.05) is 18.2 Å². The summed E-state index contributed by atoms with van der Waals surface area (Å²) in [6, 6.07) is 7.91. The Bertz CT molecular complexity index is 526. The van der Waals surface area contributed by atoms with Gasteiger partial charge >= 0.3 is 6.09 Å². The zero-order valence-corrected chi connectivity index (χ0v) is 13.1. The van der Waals surface area contributed by atoms with Gasteiger partial charge in [-0.25, -0.2) is 4.79 Å². The molecule has 1 aliphatic heterocycles. The molecular weight excluding hydrogens is 318 g/mol. The Morgan fingerprint density at radius 3 is 2.54 bits per heavy atom. The van der Waals surface area contributed by atoms with Crippen LogP contribution in [-0.2, 0) is 11.3 Å². The molecule has 2 rings (SSSR count). The lowest BCUT2D eigenvalue weighted by Crippen LogP contribution is -2.55.